The molecule has 8 heteroatoms. The maximum absolute atomic E-state index is 13.3. The number of thioether (sulfide) groups is 1. The predicted molar refractivity (Wildman–Crippen MR) is 118 cm³/mol. The van der Waals surface area contributed by atoms with E-state index in [1.807, 2.05) is 17.0 Å². The van der Waals surface area contributed by atoms with Gasteiger partial charge in [-0.15, -0.1) is 0 Å². The molecule has 0 aliphatic carbocycles. The Labute approximate surface area is 179 Å². The average Bonchev–Trinajstić information content (AvgIpc) is 2.74. The molecule has 30 heavy (non-hydrogen) atoms. The van der Waals surface area contributed by atoms with Crippen molar-refractivity contribution in [2.45, 2.75) is 11.8 Å². The lowest BCUT2D eigenvalue weighted by Gasteiger charge is -2.33. The summed E-state index contributed by atoms with van der Waals surface area (Å²) in [7, 11) is 2.05. The molecule has 2 N–H and O–H groups in total. The van der Waals surface area contributed by atoms with Gasteiger partial charge in [0.1, 0.15) is 11.9 Å². The molecular weight excluding hydrogens is 403 g/mol. The van der Waals surface area contributed by atoms with E-state index in [1.165, 1.54) is 12.1 Å². The highest BCUT2D eigenvalue weighted by molar-refractivity contribution is 7.98. The van der Waals surface area contributed by atoms with Gasteiger partial charge in [0.15, 0.2) is 0 Å². The fraction of sp³-hybridized carbons (Fsp3) is 0.364. The van der Waals surface area contributed by atoms with Crippen molar-refractivity contribution in [2.24, 2.45) is 0 Å². The number of benzene rings is 2. The Morgan fingerprint density at radius 2 is 1.93 bits per heavy atom. The zero-order chi connectivity index (χ0) is 21.1. The number of hydrogen-bond donors (Lipinski definition) is 2. The van der Waals surface area contributed by atoms with Gasteiger partial charge in [0, 0.05) is 43.2 Å². The molecule has 0 bridgehead atoms. The van der Waals surface area contributed by atoms with Gasteiger partial charge in [0.2, 0.25) is 5.91 Å². The van der Waals surface area contributed by atoms with Crippen molar-refractivity contribution in [3.8, 4) is 0 Å². The van der Waals surface area contributed by atoms with Crippen molar-refractivity contribution in [2.75, 3.05) is 49.6 Å². The van der Waals surface area contributed by atoms with Crippen LogP contribution in [-0.4, -0.2) is 66.6 Å². The summed E-state index contributed by atoms with van der Waals surface area (Å²) in [5, 5.41) is 6.18. The van der Waals surface area contributed by atoms with Gasteiger partial charge in [0.25, 0.3) is 5.91 Å². The first-order valence-electron chi connectivity index (χ1n) is 10.0. The highest BCUT2D eigenvalue weighted by Crippen LogP contribution is 2.29. The summed E-state index contributed by atoms with van der Waals surface area (Å²) in [5.74, 6) is 0.807. The topological polar surface area (TPSA) is 64.7 Å². The summed E-state index contributed by atoms with van der Waals surface area (Å²) in [5.41, 5.74) is 2.91. The second-order valence-corrected chi connectivity index (χ2v) is 8.72. The number of likely N-dealkylation sites (N-methyl/N-ethyl adjacent to an activating group) is 1. The molecule has 158 valence electrons. The molecule has 4 rings (SSSR count). The summed E-state index contributed by atoms with van der Waals surface area (Å²) in [6.45, 7) is 3.15. The van der Waals surface area contributed by atoms with E-state index < -0.39 is 0 Å². The zero-order valence-corrected chi connectivity index (χ0v) is 17.7. The Hall–Kier alpha value is -2.58. The van der Waals surface area contributed by atoms with Gasteiger partial charge in [-0.2, -0.15) is 11.8 Å². The van der Waals surface area contributed by atoms with Crippen LogP contribution >= 0.6 is 11.8 Å². The molecule has 1 unspecified atom stereocenters. The number of nitrogens with one attached hydrogen (secondary N) is 2. The number of amides is 2. The highest BCUT2D eigenvalue weighted by atomic mass is 32.2. The Morgan fingerprint density at radius 1 is 1.13 bits per heavy atom. The van der Waals surface area contributed by atoms with Crippen LogP contribution in [0.2, 0.25) is 0 Å². The van der Waals surface area contributed by atoms with Crippen molar-refractivity contribution in [3.63, 3.8) is 0 Å². The van der Waals surface area contributed by atoms with Crippen molar-refractivity contribution < 1.29 is 14.0 Å². The zero-order valence-electron chi connectivity index (χ0n) is 16.9. The molecule has 2 heterocycles. The second kappa shape index (κ2) is 9.06. The van der Waals surface area contributed by atoms with E-state index in [1.54, 1.807) is 30.0 Å². The Balaban J connectivity index is 1.36. The molecule has 0 radical (unpaired) electrons. The van der Waals surface area contributed by atoms with Crippen LogP contribution in [0.3, 0.4) is 0 Å². The van der Waals surface area contributed by atoms with E-state index in [2.05, 4.69) is 22.6 Å². The van der Waals surface area contributed by atoms with Crippen molar-refractivity contribution in [1.29, 1.82) is 0 Å². The number of carbonyl (C=O) groups excluding carboxylic acids is 2. The molecule has 2 aromatic carbocycles. The minimum absolute atomic E-state index is 0.00655. The number of rotatable bonds is 5. The third kappa shape index (κ3) is 4.76. The van der Waals surface area contributed by atoms with Gasteiger partial charge in [-0.25, -0.2) is 4.39 Å². The Bertz CT molecular complexity index is 946. The maximum atomic E-state index is 13.3. The van der Waals surface area contributed by atoms with Crippen LogP contribution in [0.5, 0.6) is 0 Å². The highest BCUT2D eigenvalue weighted by Gasteiger charge is 2.27. The molecule has 0 aromatic heterocycles. The van der Waals surface area contributed by atoms with Gasteiger partial charge >= 0.3 is 0 Å². The normalized spacial score (nSPS) is 19.1. The minimum atomic E-state index is -0.379. The number of anilines is 2. The Morgan fingerprint density at radius 3 is 2.70 bits per heavy atom. The van der Waals surface area contributed by atoms with E-state index >= 15 is 0 Å². The Kier molecular flexibility index (Phi) is 6.24. The van der Waals surface area contributed by atoms with E-state index in [4.69, 9.17) is 0 Å². The SMILES string of the molecule is CN1CCN(C(=O)c2ccc3c(c2)NC(=O)C(CSCc2cccc(F)c2)N3)CC1. The predicted octanol–water partition coefficient (Wildman–Crippen LogP) is 2.88. The van der Waals surface area contributed by atoms with Gasteiger partial charge < -0.3 is 20.4 Å². The first-order valence-corrected chi connectivity index (χ1v) is 11.2. The molecule has 2 aromatic rings. The number of piperazine rings is 1. The molecule has 1 atom stereocenters. The number of halogens is 1. The largest absolute Gasteiger partial charge is 0.371 e. The standard InChI is InChI=1S/C22H25FN4O2S/c1-26-7-9-27(10-8-26)22(29)16-5-6-18-19(12-16)25-21(28)20(24-18)14-30-13-15-3-2-4-17(23)11-15/h2-6,11-12,20,24H,7-10,13-14H2,1H3,(H,25,28). The fourth-order valence-corrected chi connectivity index (χ4v) is 4.61. The number of fused-ring (bicyclic) bond motifs is 1. The third-order valence-corrected chi connectivity index (χ3v) is 6.51. The fourth-order valence-electron chi connectivity index (χ4n) is 3.61. The smallest absolute Gasteiger partial charge is 0.254 e. The average molecular weight is 429 g/mol. The molecule has 0 saturated carbocycles. The second-order valence-electron chi connectivity index (χ2n) is 7.69. The lowest BCUT2D eigenvalue weighted by Crippen LogP contribution is -2.47. The summed E-state index contributed by atoms with van der Waals surface area (Å²) < 4.78 is 13.3. The maximum Gasteiger partial charge on any atom is 0.254 e. The lowest BCUT2D eigenvalue weighted by atomic mass is 10.1. The summed E-state index contributed by atoms with van der Waals surface area (Å²) >= 11 is 1.57. The summed E-state index contributed by atoms with van der Waals surface area (Å²) in [6.07, 6.45) is 0. The molecule has 0 spiro atoms. The van der Waals surface area contributed by atoms with E-state index in [0.29, 0.717) is 35.8 Å². The molecule has 1 fully saturated rings. The van der Waals surface area contributed by atoms with Crippen LogP contribution in [0, 0.1) is 5.82 Å². The molecule has 2 aliphatic rings. The molecular formula is C22H25FN4O2S. The number of nitrogens with zero attached hydrogens (tertiary/aromatic N) is 2. The number of carbonyl (C=O) groups is 2. The van der Waals surface area contributed by atoms with Crippen LogP contribution in [0.15, 0.2) is 42.5 Å². The third-order valence-electron chi connectivity index (χ3n) is 5.40. The van der Waals surface area contributed by atoms with Crippen LogP contribution < -0.4 is 10.6 Å². The molecule has 6 nitrogen and oxygen atoms in total. The quantitative estimate of drug-likeness (QED) is 0.767. The van der Waals surface area contributed by atoms with Crippen molar-refractivity contribution >= 4 is 35.0 Å². The molecule has 2 amide bonds. The first kappa shape index (κ1) is 20.7. The summed E-state index contributed by atoms with van der Waals surface area (Å²) in [4.78, 5) is 29.4. The molecule has 1 saturated heterocycles. The van der Waals surface area contributed by atoms with Gasteiger partial charge in [-0.3, -0.25) is 9.59 Å². The van der Waals surface area contributed by atoms with Crippen molar-refractivity contribution in [1.82, 2.24) is 9.80 Å². The van der Waals surface area contributed by atoms with Crippen LogP contribution in [0.1, 0.15) is 15.9 Å². The molecule has 2 aliphatic heterocycles. The first-order chi connectivity index (χ1) is 14.5. The van der Waals surface area contributed by atoms with Gasteiger partial charge in [-0.1, -0.05) is 12.1 Å². The lowest BCUT2D eigenvalue weighted by molar-refractivity contribution is -0.116. The van der Waals surface area contributed by atoms with Gasteiger partial charge in [-0.05, 0) is 42.9 Å². The van der Waals surface area contributed by atoms with Crippen LogP contribution in [0.25, 0.3) is 0 Å². The van der Waals surface area contributed by atoms with Crippen LogP contribution in [0.4, 0.5) is 15.8 Å². The monoisotopic (exact) mass is 428 g/mol. The summed E-state index contributed by atoms with van der Waals surface area (Å²) in [6, 6.07) is 11.5. The van der Waals surface area contributed by atoms with E-state index in [-0.39, 0.29) is 23.7 Å². The van der Waals surface area contributed by atoms with E-state index in [9.17, 15) is 14.0 Å². The number of hydrogen-bond acceptors (Lipinski definition) is 5. The van der Waals surface area contributed by atoms with E-state index in [0.717, 1.165) is 24.3 Å². The van der Waals surface area contributed by atoms with Crippen molar-refractivity contribution in [3.05, 3.63) is 59.4 Å². The minimum Gasteiger partial charge on any atom is -0.371 e. The van der Waals surface area contributed by atoms with Gasteiger partial charge in [0.05, 0.1) is 11.4 Å². The van der Waals surface area contributed by atoms with Crippen LogP contribution in [-0.2, 0) is 10.5 Å².